The van der Waals surface area contributed by atoms with Crippen LogP contribution in [0.25, 0.3) is 0 Å². The van der Waals surface area contributed by atoms with Gasteiger partial charge in [-0.3, -0.25) is 14.4 Å². The van der Waals surface area contributed by atoms with Crippen LogP contribution in [0.1, 0.15) is 329 Å². The first-order valence-corrected chi connectivity index (χ1v) is 32.4. The highest BCUT2D eigenvalue weighted by molar-refractivity contribution is 5.71. The van der Waals surface area contributed by atoms with Crippen LogP contribution in [-0.4, -0.2) is 37.2 Å². The van der Waals surface area contributed by atoms with Crippen LogP contribution >= 0.6 is 0 Å². The van der Waals surface area contributed by atoms with Gasteiger partial charge in [0.15, 0.2) is 6.10 Å². The van der Waals surface area contributed by atoms with Crippen molar-refractivity contribution in [2.45, 2.75) is 335 Å². The Morgan fingerprint density at radius 1 is 0.280 bits per heavy atom. The van der Waals surface area contributed by atoms with E-state index in [1.807, 2.05) is 0 Å². The van der Waals surface area contributed by atoms with E-state index in [1.54, 1.807) is 0 Å². The highest BCUT2D eigenvalue weighted by atomic mass is 16.6. The lowest BCUT2D eigenvalue weighted by atomic mass is 10.0. The van der Waals surface area contributed by atoms with E-state index in [0.29, 0.717) is 19.3 Å². The van der Waals surface area contributed by atoms with Gasteiger partial charge in [0, 0.05) is 19.3 Å². The lowest BCUT2D eigenvalue weighted by Crippen LogP contribution is -2.30. The number of rotatable bonds is 59. The summed E-state index contributed by atoms with van der Waals surface area (Å²) in [5.41, 5.74) is 0. The van der Waals surface area contributed by atoms with Gasteiger partial charge in [0.05, 0.1) is 0 Å². The normalized spacial score (nSPS) is 12.5. The van der Waals surface area contributed by atoms with Gasteiger partial charge in [-0.05, 0) is 70.6 Å². The quantitative estimate of drug-likeness (QED) is 0.0261. The van der Waals surface area contributed by atoms with Gasteiger partial charge in [-0.1, -0.05) is 312 Å². The van der Waals surface area contributed by atoms with Crippen LogP contribution in [0, 0.1) is 0 Å². The zero-order valence-electron chi connectivity index (χ0n) is 49.8. The highest BCUT2D eigenvalue weighted by Crippen LogP contribution is 2.17. The van der Waals surface area contributed by atoms with E-state index in [0.717, 1.165) is 103 Å². The van der Waals surface area contributed by atoms with Gasteiger partial charge in [-0.25, -0.2) is 0 Å². The summed E-state index contributed by atoms with van der Waals surface area (Å²) in [4.78, 5) is 38.3. The van der Waals surface area contributed by atoms with Crippen LogP contribution in [-0.2, 0) is 28.6 Å². The fraction of sp³-hybridized carbons (Fsp3) is 0.783. The Balaban J connectivity index is 4.28. The molecule has 0 aromatic heterocycles. The standard InChI is InChI=1S/C69H122O6/c1-4-7-10-13-16-19-22-25-27-29-31-32-33-34-35-36-37-38-39-41-42-44-47-50-53-56-59-62-68(71)74-65-66(64-73-67(70)61-58-55-52-49-46-24-21-18-15-12-9-6-3)75-69(72)63-60-57-54-51-48-45-43-40-30-28-26-23-20-17-14-11-8-5-2/h7,10,16,19,25,27,31-32,34-35,37-38,66H,4-6,8-9,11-15,17-18,20-24,26,28-30,33,36,39-65H2,1-3H3/b10-7-,19-16-,27-25-,32-31-,35-34-,38-37-. The van der Waals surface area contributed by atoms with Crippen molar-refractivity contribution < 1.29 is 28.6 Å². The average molecular weight is 1050 g/mol. The van der Waals surface area contributed by atoms with Crippen molar-refractivity contribution in [2.75, 3.05) is 13.2 Å². The summed E-state index contributed by atoms with van der Waals surface area (Å²) in [6, 6.07) is 0. The first-order valence-electron chi connectivity index (χ1n) is 32.4. The van der Waals surface area contributed by atoms with Gasteiger partial charge in [-0.2, -0.15) is 0 Å². The number of carbonyl (C=O) groups excluding carboxylic acids is 3. The monoisotopic (exact) mass is 1050 g/mol. The van der Waals surface area contributed by atoms with Crippen molar-refractivity contribution >= 4 is 17.9 Å². The van der Waals surface area contributed by atoms with Gasteiger partial charge in [0.25, 0.3) is 0 Å². The second kappa shape index (κ2) is 63.4. The van der Waals surface area contributed by atoms with Crippen molar-refractivity contribution in [3.8, 4) is 0 Å². The van der Waals surface area contributed by atoms with Crippen molar-refractivity contribution in [1.82, 2.24) is 0 Å². The van der Waals surface area contributed by atoms with E-state index in [9.17, 15) is 14.4 Å². The minimum absolute atomic E-state index is 0.0728. The Kier molecular flexibility index (Phi) is 60.7. The van der Waals surface area contributed by atoms with Crippen LogP contribution in [0.5, 0.6) is 0 Å². The molecule has 0 amide bonds. The Hall–Kier alpha value is -3.15. The second-order valence-corrected chi connectivity index (χ2v) is 21.7. The van der Waals surface area contributed by atoms with Crippen molar-refractivity contribution in [2.24, 2.45) is 0 Å². The number of esters is 3. The molecule has 0 aliphatic rings. The molecule has 0 saturated carbocycles. The molecule has 0 spiro atoms. The molecular formula is C69H122O6. The molecule has 0 aromatic carbocycles. The van der Waals surface area contributed by atoms with Crippen molar-refractivity contribution in [3.63, 3.8) is 0 Å². The summed E-state index contributed by atoms with van der Waals surface area (Å²) in [6.07, 6.45) is 81.9. The Bertz CT molecular complexity index is 1390. The predicted octanol–water partition coefficient (Wildman–Crippen LogP) is 22.1. The summed E-state index contributed by atoms with van der Waals surface area (Å²) in [5.74, 6) is -0.863. The molecule has 0 aliphatic heterocycles. The third-order valence-corrected chi connectivity index (χ3v) is 14.2. The molecule has 0 bridgehead atoms. The molecule has 0 heterocycles. The topological polar surface area (TPSA) is 78.9 Å². The fourth-order valence-electron chi connectivity index (χ4n) is 9.39. The molecule has 0 fully saturated rings. The Morgan fingerprint density at radius 3 is 0.813 bits per heavy atom. The van der Waals surface area contributed by atoms with E-state index in [1.165, 1.54) is 186 Å². The van der Waals surface area contributed by atoms with Gasteiger partial charge < -0.3 is 14.2 Å². The van der Waals surface area contributed by atoms with Gasteiger partial charge in [0.1, 0.15) is 13.2 Å². The first-order chi connectivity index (χ1) is 37.0. The molecule has 0 radical (unpaired) electrons. The number of hydrogen-bond acceptors (Lipinski definition) is 6. The third kappa shape index (κ3) is 61.6. The van der Waals surface area contributed by atoms with Crippen molar-refractivity contribution in [1.29, 1.82) is 0 Å². The summed E-state index contributed by atoms with van der Waals surface area (Å²) < 4.78 is 16.9. The molecule has 0 saturated heterocycles. The molecule has 0 aromatic rings. The maximum absolute atomic E-state index is 12.9. The number of ether oxygens (including phenoxy) is 3. The first kappa shape index (κ1) is 71.8. The molecule has 0 aliphatic carbocycles. The van der Waals surface area contributed by atoms with Gasteiger partial charge in [-0.15, -0.1) is 0 Å². The molecule has 0 rings (SSSR count). The average Bonchev–Trinajstić information content (AvgIpc) is 3.41. The second-order valence-electron chi connectivity index (χ2n) is 21.7. The summed E-state index contributed by atoms with van der Waals surface area (Å²) in [6.45, 7) is 6.56. The Labute approximate surface area is 465 Å². The van der Waals surface area contributed by atoms with Crippen LogP contribution in [0.15, 0.2) is 72.9 Å². The molecule has 6 nitrogen and oxygen atoms in total. The maximum atomic E-state index is 12.9. The van der Waals surface area contributed by atoms with E-state index < -0.39 is 6.10 Å². The zero-order valence-corrected chi connectivity index (χ0v) is 49.8. The summed E-state index contributed by atoms with van der Waals surface area (Å²) in [5, 5.41) is 0. The predicted molar refractivity (Wildman–Crippen MR) is 325 cm³/mol. The minimum atomic E-state index is -0.776. The lowest BCUT2D eigenvalue weighted by molar-refractivity contribution is -0.167. The third-order valence-electron chi connectivity index (χ3n) is 14.2. The van der Waals surface area contributed by atoms with E-state index >= 15 is 0 Å². The van der Waals surface area contributed by atoms with Crippen LogP contribution < -0.4 is 0 Å². The summed E-state index contributed by atoms with van der Waals surface area (Å²) in [7, 11) is 0. The van der Waals surface area contributed by atoms with Crippen LogP contribution in [0.4, 0.5) is 0 Å². The fourth-order valence-corrected chi connectivity index (χ4v) is 9.39. The molecule has 434 valence electrons. The van der Waals surface area contributed by atoms with E-state index in [-0.39, 0.29) is 31.1 Å². The van der Waals surface area contributed by atoms with Crippen LogP contribution in [0.2, 0.25) is 0 Å². The number of allylic oxidation sites excluding steroid dienone is 12. The molecule has 0 N–H and O–H groups in total. The van der Waals surface area contributed by atoms with Crippen LogP contribution in [0.3, 0.4) is 0 Å². The largest absolute Gasteiger partial charge is 0.462 e. The zero-order chi connectivity index (χ0) is 54.3. The molecule has 1 atom stereocenters. The van der Waals surface area contributed by atoms with Gasteiger partial charge in [0.2, 0.25) is 0 Å². The highest BCUT2D eigenvalue weighted by Gasteiger charge is 2.19. The number of carbonyl (C=O) groups is 3. The Morgan fingerprint density at radius 2 is 0.520 bits per heavy atom. The van der Waals surface area contributed by atoms with Gasteiger partial charge >= 0.3 is 17.9 Å². The maximum Gasteiger partial charge on any atom is 0.306 e. The minimum Gasteiger partial charge on any atom is -0.462 e. The number of hydrogen-bond donors (Lipinski definition) is 0. The molecule has 1 unspecified atom stereocenters. The SMILES string of the molecule is CC/C=C\C/C=C\C/C=C\C/C=C\C/C=C\C/C=C\CCCCCCCCCCC(=O)OCC(COC(=O)CCCCCCCCCCCCCC)OC(=O)CCCCCCCCCCCCCCCCCCCC. The molecule has 6 heteroatoms. The lowest BCUT2D eigenvalue weighted by Gasteiger charge is -2.18. The summed E-state index contributed by atoms with van der Waals surface area (Å²) >= 11 is 0. The molecule has 75 heavy (non-hydrogen) atoms. The van der Waals surface area contributed by atoms with E-state index in [2.05, 4.69) is 93.7 Å². The molecular weight excluding hydrogens is 925 g/mol. The van der Waals surface area contributed by atoms with E-state index in [4.69, 9.17) is 14.2 Å². The van der Waals surface area contributed by atoms with Crippen molar-refractivity contribution in [3.05, 3.63) is 72.9 Å². The number of unbranched alkanes of at least 4 members (excludes halogenated alkanes) is 36. The smallest absolute Gasteiger partial charge is 0.306 e.